The van der Waals surface area contributed by atoms with Gasteiger partial charge in [0.1, 0.15) is 0 Å². The Labute approximate surface area is 153 Å². The van der Waals surface area contributed by atoms with Crippen LogP contribution in [0.15, 0.2) is 23.6 Å². The minimum Gasteiger partial charge on any atom is -0.340 e. The van der Waals surface area contributed by atoms with Gasteiger partial charge in [-0.05, 0) is 18.2 Å². The molecule has 9 heteroatoms. The summed E-state index contributed by atoms with van der Waals surface area (Å²) in [6.45, 7) is 4.26. The highest BCUT2D eigenvalue weighted by Crippen LogP contribution is 2.26. The molecule has 138 valence electrons. The Morgan fingerprint density at radius 2 is 1.92 bits per heavy atom. The fourth-order valence-corrected chi connectivity index (χ4v) is 3.44. The normalized spacial score (nSPS) is 15.1. The van der Waals surface area contributed by atoms with Crippen molar-refractivity contribution in [3.8, 4) is 11.3 Å². The van der Waals surface area contributed by atoms with Crippen molar-refractivity contribution in [3.63, 3.8) is 0 Å². The molecule has 1 saturated heterocycles. The number of benzene rings is 1. The number of piperazine rings is 1. The summed E-state index contributed by atoms with van der Waals surface area (Å²) < 4.78 is 26.3. The van der Waals surface area contributed by atoms with Crippen LogP contribution >= 0.6 is 11.3 Å². The summed E-state index contributed by atoms with van der Waals surface area (Å²) in [5.74, 6) is -2.01. The summed E-state index contributed by atoms with van der Waals surface area (Å²) in [6, 6.07) is 3.56. The third-order valence-electron chi connectivity index (χ3n) is 4.15. The van der Waals surface area contributed by atoms with Crippen LogP contribution in [0.25, 0.3) is 11.3 Å². The number of nitrogens with one attached hydrogen (secondary N) is 1. The van der Waals surface area contributed by atoms with Crippen LogP contribution in [0.2, 0.25) is 0 Å². The second-order valence-electron chi connectivity index (χ2n) is 6.00. The van der Waals surface area contributed by atoms with Crippen LogP contribution < -0.4 is 5.32 Å². The smallest absolute Gasteiger partial charge is 0.240 e. The van der Waals surface area contributed by atoms with Gasteiger partial charge < -0.3 is 10.2 Å². The Hall–Kier alpha value is -2.39. The zero-order chi connectivity index (χ0) is 18.7. The van der Waals surface area contributed by atoms with E-state index in [1.165, 1.54) is 24.3 Å². The molecule has 2 heterocycles. The first kappa shape index (κ1) is 18.4. The third kappa shape index (κ3) is 4.41. The average Bonchev–Trinajstić information content (AvgIpc) is 3.06. The van der Waals surface area contributed by atoms with Crippen molar-refractivity contribution in [2.24, 2.45) is 0 Å². The average molecular weight is 380 g/mol. The molecule has 2 amide bonds. The van der Waals surface area contributed by atoms with E-state index in [4.69, 9.17) is 0 Å². The number of amides is 2. The largest absolute Gasteiger partial charge is 0.340 e. The molecule has 6 nitrogen and oxygen atoms in total. The van der Waals surface area contributed by atoms with E-state index >= 15 is 0 Å². The van der Waals surface area contributed by atoms with E-state index in [0.717, 1.165) is 12.1 Å². The summed E-state index contributed by atoms with van der Waals surface area (Å²) in [4.78, 5) is 31.4. The summed E-state index contributed by atoms with van der Waals surface area (Å²) in [5, 5.41) is 4.79. The monoisotopic (exact) mass is 380 g/mol. The maximum atomic E-state index is 13.3. The quantitative estimate of drug-likeness (QED) is 0.883. The number of carbonyl (C=O) groups is 2. The molecule has 0 unspecified atom stereocenters. The number of hydrogen-bond acceptors (Lipinski definition) is 5. The highest BCUT2D eigenvalue weighted by molar-refractivity contribution is 7.14. The van der Waals surface area contributed by atoms with Gasteiger partial charge in [-0.2, -0.15) is 0 Å². The summed E-state index contributed by atoms with van der Waals surface area (Å²) in [7, 11) is 0. The van der Waals surface area contributed by atoms with E-state index in [1.807, 2.05) is 4.90 Å². The number of nitrogens with zero attached hydrogens (tertiary/aromatic N) is 3. The lowest BCUT2D eigenvalue weighted by Gasteiger charge is -2.33. The molecular formula is C17H18F2N4O2S. The van der Waals surface area contributed by atoms with Gasteiger partial charge in [0.05, 0.1) is 12.2 Å². The lowest BCUT2D eigenvalue weighted by molar-refractivity contribution is -0.130. The van der Waals surface area contributed by atoms with Crippen molar-refractivity contribution in [2.45, 2.75) is 6.92 Å². The second-order valence-corrected chi connectivity index (χ2v) is 6.86. The van der Waals surface area contributed by atoms with Gasteiger partial charge in [0, 0.05) is 44.0 Å². The molecule has 0 radical (unpaired) electrons. The summed E-state index contributed by atoms with van der Waals surface area (Å²) in [6.07, 6.45) is 0. The lowest BCUT2D eigenvalue weighted by atomic mass is 10.2. The molecule has 2 aromatic rings. The number of aromatic nitrogens is 1. The lowest BCUT2D eigenvalue weighted by Crippen LogP contribution is -2.49. The van der Waals surface area contributed by atoms with Crippen molar-refractivity contribution >= 4 is 28.3 Å². The van der Waals surface area contributed by atoms with Crippen molar-refractivity contribution in [1.29, 1.82) is 0 Å². The van der Waals surface area contributed by atoms with Gasteiger partial charge in [0.2, 0.25) is 11.8 Å². The van der Waals surface area contributed by atoms with Gasteiger partial charge in [0.25, 0.3) is 0 Å². The van der Waals surface area contributed by atoms with Crippen LogP contribution in [0.1, 0.15) is 6.92 Å². The molecule has 0 saturated carbocycles. The first-order valence-corrected chi connectivity index (χ1v) is 8.99. The van der Waals surface area contributed by atoms with Crippen LogP contribution in [-0.4, -0.2) is 59.3 Å². The van der Waals surface area contributed by atoms with Gasteiger partial charge >= 0.3 is 0 Å². The highest BCUT2D eigenvalue weighted by Gasteiger charge is 2.20. The first-order valence-electron chi connectivity index (χ1n) is 8.11. The Morgan fingerprint density at radius 3 is 2.58 bits per heavy atom. The van der Waals surface area contributed by atoms with E-state index in [1.54, 1.807) is 10.3 Å². The predicted octanol–water partition coefficient (Wildman–Crippen LogP) is 2.19. The molecular weight excluding hydrogens is 362 g/mol. The molecule has 26 heavy (non-hydrogen) atoms. The standard InChI is InChI=1S/C17H18F2N4O2S/c1-11(24)23-6-4-22(5-7-23)9-16(25)21-17-20-15(10-26-17)12-2-3-13(18)14(19)8-12/h2-3,8,10H,4-7,9H2,1H3,(H,20,21,25). The maximum Gasteiger partial charge on any atom is 0.240 e. The zero-order valence-electron chi connectivity index (χ0n) is 14.2. The molecule has 1 N–H and O–H groups in total. The van der Waals surface area contributed by atoms with Gasteiger partial charge in [-0.1, -0.05) is 0 Å². The number of hydrogen-bond donors (Lipinski definition) is 1. The Morgan fingerprint density at radius 1 is 1.19 bits per heavy atom. The fraction of sp³-hybridized carbons (Fsp3) is 0.353. The van der Waals surface area contributed by atoms with Crippen molar-refractivity contribution in [3.05, 3.63) is 35.2 Å². The van der Waals surface area contributed by atoms with Crippen LogP contribution in [0.5, 0.6) is 0 Å². The molecule has 0 bridgehead atoms. The number of halogens is 2. The number of thiazole rings is 1. The molecule has 1 fully saturated rings. The Balaban J connectivity index is 1.55. The number of anilines is 1. The van der Waals surface area contributed by atoms with Gasteiger partial charge in [0.15, 0.2) is 16.8 Å². The molecule has 1 aromatic carbocycles. The van der Waals surface area contributed by atoms with Gasteiger partial charge in [-0.25, -0.2) is 13.8 Å². The maximum absolute atomic E-state index is 13.3. The predicted molar refractivity (Wildman–Crippen MR) is 94.8 cm³/mol. The molecule has 1 aliphatic heterocycles. The van der Waals surface area contributed by atoms with Gasteiger partial charge in [-0.3, -0.25) is 14.5 Å². The second kappa shape index (κ2) is 7.88. The fourth-order valence-electron chi connectivity index (χ4n) is 2.70. The van der Waals surface area contributed by atoms with E-state index in [-0.39, 0.29) is 18.4 Å². The van der Waals surface area contributed by atoms with Crippen LogP contribution in [0, 0.1) is 11.6 Å². The van der Waals surface area contributed by atoms with E-state index in [9.17, 15) is 18.4 Å². The third-order valence-corrected chi connectivity index (χ3v) is 4.91. The minimum absolute atomic E-state index is 0.0432. The van der Waals surface area contributed by atoms with Crippen molar-refractivity contribution < 1.29 is 18.4 Å². The van der Waals surface area contributed by atoms with Gasteiger partial charge in [-0.15, -0.1) is 11.3 Å². The van der Waals surface area contributed by atoms with E-state index < -0.39 is 11.6 Å². The molecule has 0 aliphatic carbocycles. The topological polar surface area (TPSA) is 65.5 Å². The molecule has 3 rings (SSSR count). The SMILES string of the molecule is CC(=O)N1CCN(CC(=O)Nc2nc(-c3ccc(F)c(F)c3)cs2)CC1. The Bertz CT molecular complexity index is 819. The molecule has 1 aromatic heterocycles. The first-order chi connectivity index (χ1) is 12.4. The summed E-state index contributed by atoms with van der Waals surface area (Å²) in [5.41, 5.74) is 0.917. The zero-order valence-corrected chi connectivity index (χ0v) is 15.0. The minimum atomic E-state index is -0.939. The number of rotatable bonds is 4. The van der Waals surface area contributed by atoms with Crippen LogP contribution in [0.4, 0.5) is 13.9 Å². The highest BCUT2D eigenvalue weighted by atomic mass is 32.1. The molecule has 1 aliphatic rings. The van der Waals surface area contributed by atoms with Crippen molar-refractivity contribution in [1.82, 2.24) is 14.8 Å². The van der Waals surface area contributed by atoms with Crippen LogP contribution in [0.3, 0.4) is 0 Å². The van der Waals surface area contributed by atoms with E-state index in [2.05, 4.69) is 10.3 Å². The van der Waals surface area contributed by atoms with Crippen LogP contribution in [-0.2, 0) is 9.59 Å². The number of carbonyl (C=O) groups excluding carboxylic acids is 2. The molecule has 0 atom stereocenters. The Kier molecular flexibility index (Phi) is 5.58. The summed E-state index contributed by atoms with van der Waals surface area (Å²) >= 11 is 1.22. The van der Waals surface area contributed by atoms with Crippen molar-refractivity contribution in [2.75, 3.05) is 38.0 Å². The molecule has 0 spiro atoms. The van der Waals surface area contributed by atoms with E-state index in [0.29, 0.717) is 42.6 Å².